The van der Waals surface area contributed by atoms with Gasteiger partial charge in [-0.25, -0.2) is 4.68 Å². The van der Waals surface area contributed by atoms with E-state index in [0.29, 0.717) is 23.0 Å². The number of hydrogen-bond acceptors (Lipinski definition) is 7. The van der Waals surface area contributed by atoms with E-state index in [4.69, 9.17) is 4.74 Å². The SMILES string of the molecule is CC(C)C(=O)Nc1ccc(C(=O)[C@H](C)Sc2nnnn2C[C@H]2CCCO2)cc1. The van der Waals surface area contributed by atoms with Crippen molar-refractivity contribution in [2.45, 2.75) is 56.7 Å². The maximum absolute atomic E-state index is 12.8. The number of amides is 1. The Morgan fingerprint density at radius 3 is 2.68 bits per heavy atom. The molecule has 0 saturated carbocycles. The summed E-state index contributed by atoms with van der Waals surface area (Å²) in [5.41, 5.74) is 1.26. The van der Waals surface area contributed by atoms with Crippen LogP contribution in [0.1, 0.15) is 44.0 Å². The van der Waals surface area contributed by atoms with E-state index in [-0.39, 0.29) is 29.0 Å². The summed E-state index contributed by atoms with van der Waals surface area (Å²) in [4.78, 5) is 24.5. The first kappa shape index (κ1) is 20.5. The lowest BCUT2D eigenvalue weighted by Crippen LogP contribution is -2.19. The van der Waals surface area contributed by atoms with E-state index in [0.717, 1.165) is 19.4 Å². The fourth-order valence-electron chi connectivity index (χ4n) is 2.83. The molecule has 3 rings (SSSR count). The Hall–Kier alpha value is -2.26. The largest absolute Gasteiger partial charge is 0.376 e. The first-order valence-corrected chi connectivity index (χ1v) is 10.3. The highest BCUT2D eigenvalue weighted by Crippen LogP contribution is 2.25. The fraction of sp³-hybridized carbons (Fsp3) is 0.526. The van der Waals surface area contributed by atoms with E-state index in [9.17, 15) is 9.59 Å². The van der Waals surface area contributed by atoms with Gasteiger partial charge in [-0.05, 0) is 54.5 Å². The maximum Gasteiger partial charge on any atom is 0.226 e. The number of nitrogens with zero attached hydrogens (tertiary/aromatic N) is 4. The number of anilines is 1. The standard InChI is InChI=1S/C19H25N5O3S/c1-12(2)18(26)20-15-8-6-14(7-9-15)17(25)13(3)28-19-21-22-23-24(19)11-16-5-4-10-27-16/h6-9,12-13,16H,4-5,10-11H2,1-3H3,(H,20,26)/t13-,16+/m0/s1. The average molecular weight is 404 g/mol. The molecule has 0 aliphatic carbocycles. The van der Waals surface area contributed by atoms with Crippen LogP contribution in [0.2, 0.25) is 0 Å². The van der Waals surface area contributed by atoms with E-state index >= 15 is 0 Å². The van der Waals surface area contributed by atoms with Crippen LogP contribution in [-0.2, 0) is 16.1 Å². The minimum atomic E-state index is -0.342. The summed E-state index contributed by atoms with van der Waals surface area (Å²) in [6, 6.07) is 6.94. The Kier molecular flexibility index (Phi) is 6.79. The molecule has 1 amide bonds. The number of rotatable bonds is 8. The summed E-state index contributed by atoms with van der Waals surface area (Å²) in [7, 11) is 0. The van der Waals surface area contributed by atoms with Gasteiger partial charge in [0.1, 0.15) is 0 Å². The molecule has 1 aromatic heterocycles. The third-order valence-corrected chi connectivity index (χ3v) is 5.58. The smallest absolute Gasteiger partial charge is 0.226 e. The summed E-state index contributed by atoms with van der Waals surface area (Å²) < 4.78 is 7.34. The first-order chi connectivity index (χ1) is 13.4. The van der Waals surface area contributed by atoms with Crippen molar-refractivity contribution in [3.8, 4) is 0 Å². The van der Waals surface area contributed by atoms with Gasteiger partial charge in [0.2, 0.25) is 11.1 Å². The molecular weight excluding hydrogens is 378 g/mol. The second kappa shape index (κ2) is 9.29. The Balaban J connectivity index is 1.60. The van der Waals surface area contributed by atoms with Crippen molar-refractivity contribution in [1.82, 2.24) is 20.2 Å². The number of ether oxygens (including phenoxy) is 1. The molecule has 1 saturated heterocycles. The van der Waals surface area contributed by atoms with Gasteiger partial charge in [-0.3, -0.25) is 9.59 Å². The number of carbonyl (C=O) groups excluding carboxylic acids is 2. The molecule has 0 spiro atoms. The summed E-state index contributed by atoms with van der Waals surface area (Å²) in [5, 5.41) is 14.9. The molecular formula is C19H25N5O3S. The molecule has 2 heterocycles. The van der Waals surface area contributed by atoms with Gasteiger partial charge < -0.3 is 10.1 Å². The van der Waals surface area contributed by atoms with E-state index in [1.165, 1.54) is 11.8 Å². The number of nitrogens with one attached hydrogen (secondary N) is 1. The van der Waals surface area contributed by atoms with E-state index in [1.54, 1.807) is 28.9 Å². The summed E-state index contributed by atoms with van der Waals surface area (Å²) in [6.07, 6.45) is 2.18. The third-order valence-electron chi connectivity index (χ3n) is 4.51. The molecule has 9 heteroatoms. The number of Topliss-reactive ketones (excluding diaryl/α,β-unsaturated/α-hetero) is 1. The van der Waals surface area contributed by atoms with E-state index < -0.39 is 0 Å². The number of carbonyl (C=O) groups is 2. The van der Waals surface area contributed by atoms with Gasteiger partial charge in [0.15, 0.2) is 5.78 Å². The zero-order chi connectivity index (χ0) is 20.1. The van der Waals surface area contributed by atoms with Crippen molar-refractivity contribution in [2.24, 2.45) is 5.92 Å². The molecule has 1 aliphatic rings. The van der Waals surface area contributed by atoms with Crippen LogP contribution in [0.5, 0.6) is 0 Å². The molecule has 150 valence electrons. The van der Waals surface area contributed by atoms with Crippen LogP contribution < -0.4 is 5.32 Å². The lowest BCUT2D eigenvalue weighted by molar-refractivity contribution is -0.118. The molecule has 1 N–H and O–H groups in total. The van der Waals surface area contributed by atoms with Crippen LogP contribution in [-0.4, -0.2) is 49.9 Å². The summed E-state index contributed by atoms with van der Waals surface area (Å²) in [5.74, 6) is -0.169. The van der Waals surface area contributed by atoms with Crippen LogP contribution in [0, 0.1) is 5.92 Å². The van der Waals surface area contributed by atoms with Crippen LogP contribution in [0.25, 0.3) is 0 Å². The van der Waals surface area contributed by atoms with Crippen LogP contribution >= 0.6 is 11.8 Å². The normalized spacial score (nSPS) is 17.6. The molecule has 2 atom stereocenters. The van der Waals surface area contributed by atoms with E-state index in [1.807, 2.05) is 20.8 Å². The Bertz CT molecular complexity index is 815. The fourth-order valence-corrected chi connectivity index (χ4v) is 3.70. The molecule has 0 unspecified atom stereocenters. The number of hydrogen-bond donors (Lipinski definition) is 1. The number of benzene rings is 1. The molecule has 2 aromatic rings. The van der Waals surface area contributed by atoms with Crippen LogP contribution in [0.3, 0.4) is 0 Å². The summed E-state index contributed by atoms with van der Waals surface area (Å²) >= 11 is 1.33. The highest BCUT2D eigenvalue weighted by molar-refractivity contribution is 8.00. The highest BCUT2D eigenvalue weighted by atomic mass is 32.2. The predicted molar refractivity (Wildman–Crippen MR) is 106 cm³/mol. The van der Waals surface area contributed by atoms with Crippen molar-refractivity contribution in [3.05, 3.63) is 29.8 Å². The van der Waals surface area contributed by atoms with Gasteiger partial charge in [-0.15, -0.1) is 5.10 Å². The lowest BCUT2D eigenvalue weighted by Gasteiger charge is -2.13. The summed E-state index contributed by atoms with van der Waals surface area (Å²) in [6.45, 7) is 6.88. The Morgan fingerprint density at radius 1 is 1.29 bits per heavy atom. The van der Waals surface area contributed by atoms with Crippen molar-refractivity contribution in [1.29, 1.82) is 0 Å². The first-order valence-electron chi connectivity index (χ1n) is 9.43. The van der Waals surface area contributed by atoms with Crippen LogP contribution in [0.15, 0.2) is 29.4 Å². The number of tetrazole rings is 1. The van der Waals surface area contributed by atoms with Crippen molar-refractivity contribution in [3.63, 3.8) is 0 Å². The van der Waals surface area contributed by atoms with Gasteiger partial charge in [-0.2, -0.15) is 0 Å². The third kappa shape index (κ3) is 5.17. The zero-order valence-electron chi connectivity index (χ0n) is 16.3. The predicted octanol–water partition coefficient (Wildman–Crippen LogP) is 2.81. The lowest BCUT2D eigenvalue weighted by atomic mass is 10.1. The monoisotopic (exact) mass is 403 g/mol. The maximum atomic E-state index is 12.8. The Labute approximate surface area is 168 Å². The highest BCUT2D eigenvalue weighted by Gasteiger charge is 2.23. The minimum Gasteiger partial charge on any atom is -0.376 e. The molecule has 0 radical (unpaired) electrons. The second-order valence-electron chi connectivity index (χ2n) is 7.12. The minimum absolute atomic E-state index is 0.0154. The number of aromatic nitrogens is 4. The number of thioether (sulfide) groups is 1. The molecule has 1 aliphatic heterocycles. The zero-order valence-corrected chi connectivity index (χ0v) is 17.1. The molecule has 1 fully saturated rings. The van der Waals surface area contributed by atoms with Crippen molar-refractivity contribution < 1.29 is 14.3 Å². The van der Waals surface area contributed by atoms with Gasteiger partial charge in [0, 0.05) is 23.8 Å². The number of ketones is 1. The Morgan fingerprint density at radius 2 is 2.04 bits per heavy atom. The van der Waals surface area contributed by atoms with Gasteiger partial charge in [0.05, 0.1) is 17.9 Å². The second-order valence-corrected chi connectivity index (χ2v) is 8.43. The van der Waals surface area contributed by atoms with Crippen LogP contribution in [0.4, 0.5) is 5.69 Å². The molecule has 8 nitrogen and oxygen atoms in total. The molecule has 28 heavy (non-hydrogen) atoms. The van der Waals surface area contributed by atoms with Gasteiger partial charge >= 0.3 is 0 Å². The van der Waals surface area contributed by atoms with Crippen molar-refractivity contribution >= 4 is 29.1 Å². The topological polar surface area (TPSA) is 99.0 Å². The molecule has 0 bridgehead atoms. The quantitative estimate of drug-likeness (QED) is 0.534. The van der Waals surface area contributed by atoms with Gasteiger partial charge in [-0.1, -0.05) is 25.6 Å². The van der Waals surface area contributed by atoms with Crippen molar-refractivity contribution in [2.75, 3.05) is 11.9 Å². The average Bonchev–Trinajstić information content (AvgIpc) is 3.34. The molecule has 1 aromatic carbocycles. The van der Waals surface area contributed by atoms with E-state index in [2.05, 4.69) is 20.8 Å². The van der Waals surface area contributed by atoms with Gasteiger partial charge in [0.25, 0.3) is 0 Å².